The van der Waals surface area contributed by atoms with Crippen molar-refractivity contribution in [3.8, 4) is 5.75 Å². The fourth-order valence-corrected chi connectivity index (χ4v) is 2.41. The number of nitrogens with one attached hydrogen (secondary N) is 1. The Morgan fingerprint density at radius 2 is 2.11 bits per heavy atom. The Labute approximate surface area is 109 Å². The molecule has 3 heteroatoms. The van der Waals surface area contributed by atoms with Crippen molar-refractivity contribution < 1.29 is 4.74 Å². The summed E-state index contributed by atoms with van der Waals surface area (Å²) in [4.78, 5) is 0. The Morgan fingerprint density at radius 1 is 1.33 bits per heavy atom. The van der Waals surface area contributed by atoms with Crippen LogP contribution in [-0.2, 0) is 6.42 Å². The SMILES string of the molecule is CNCCc1cn(C(C)C)c2cccc(OC)c12. The molecule has 0 bridgehead atoms. The van der Waals surface area contributed by atoms with Crippen molar-refractivity contribution in [1.82, 2.24) is 9.88 Å². The number of fused-ring (bicyclic) bond motifs is 1. The lowest BCUT2D eigenvalue weighted by atomic mass is 10.1. The van der Waals surface area contributed by atoms with Gasteiger partial charge in [0.1, 0.15) is 5.75 Å². The third kappa shape index (κ3) is 2.23. The minimum Gasteiger partial charge on any atom is -0.496 e. The molecule has 0 unspecified atom stereocenters. The van der Waals surface area contributed by atoms with Gasteiger partial charge in [-0.2, -0.15) is 0 Å². The molecule has 0 fully saturated rings. The Balaban J connectivity index is 2.61. The average molecular weight is 246 g/mol. The first kappa shape index (κ1) is 13.0. The van der Waals surface area contributed by atoms with Crippen molar-refractivity contribution in [1.29, 1.82) is 0 Å². The van der Waals surface area contributed by atoms with Gasteiger partial charge in [0, 0.05) is 17.6 Å². The van der Waals surface area contributed by atoms with Crippen LogP contribution in [0.2, 0.25) is 0 Å². The van der Waals surface area contributed by atoms with E-state index in [-0.39, 0.29) is 0 Å². The van der Waals surface area contributed by atoms with Crippen molar-refractivity contribution in [2.24, 2.45) is 0 Å². The van der Waals surface area contributed by atoms with Gasteiger partial charge in [0.05, 0.1) is 12.6 Å². The standard InChI is InChI=1S/C15H22N2O/c1-11(2)17-10-12(8-9-16-3)15-13(17)6-5-7-14(15)18-4/h5-7,10-11,16H,8-9H2,1-4H3. The summed E-state index contributed by atoms with van der Waals surface area (Å²) in [6.45, 7) is 5.40. The summed E-state index contributed by atoms with van der Waals surface area (Å²) in [5.74, 6) is 0.970. The van der Waals surface area contributed by atoms with Crippen LogP contribution in [0.1, 0.15) is 25.5 Å². The molecule has 0 amide bonds. The largest absolute Gasteiger partial charge is 0.496 e. The van der Waals surface area contributed by atoms with Gasteiger partial charge in [-0.05, 0) is 51.6 Å². The van der Waals surface area contributed by atoms with Gasteiger partial charge in [-0.3, -0.25) is 0 Å². The van der Waals surface area contributed by atoms with E-state index >= 15 is 0 Å². The van der Waals surface area contributed by atoms with Crippen LogP contribution in [-0.4, -0.2) is 25.3 Å². The molecular weight excluding hydrogens is 224 g/mol. The molecular formula is C15H22N2O. The van der Waals surface area contributed by atoms with Gasteiger partial charge >= 0.3 is 0 Å². The number of hydrogen-bond donors (Lipinski definition) is 1. The predicted molar refractivity (Wildman–Crippen MR) is 76.5 cm³/mol. The highest BCUT2D eigenvalue weighted by Crippen LogP contribution is 2.32. The molecule has 0 saturated carbocycles. The monoisotopic (exact) mass is 246 g/mol. The molecule has 98 valence electrons. The molecule has 2 aromatic rings. The van der Waals surface area contributed by atoms with Crippen LogP contribution in [0.25, 0.3) is 10.9 Å². The fourth-order valence-electron chi connectivity index (χ4n) is 2.41. The van der Waals surface area contributed by atoms with Crippen LogP contribution in [0.4, 0.5) is 0 Å². The van der Waals surface area contributed by atoms with E-state index in [1.807, 2.05) is 13.1 Å². The van der Waals surface area contributed by atoms with Gasteiger partial charge in [-0.25, -0.2) is 0 Å². The maximum absolute atomic E-state index is 5.51. The lowest BCUT2D eigenvalue weighted by molar-refractivity contribution is 0.419. The highest BCUT2D eigenvalue weighted by Gasteiger charge is 2.13. The molecule has 3 nitrogen and oxygen atoms in total. The molecule has 1 aromatic carbocycles. The molecule has 0 aliphatic carbocycles. The van der Waals surface area contributed by atoms with Crippen LogP contribution in [0.3, 0.4) is 0 Å². The maximum atomic E-state index is 5.51. The van der Waals surface area contributed by atoms with Crippen LogP contribution in [0.5, 0.6) is 5.75 Å². The van der Waals surface area contributed by atoms with E-state index in [1.54, 1.807) is 7.11 Å². The van der Waals surface area contributed by atoms with Gasteiger partial charge in [0.2, 0.25) is 0 Å². The molecule has 1 aromatic heterocycles. The Hall–Kier alpha value is -1.48. The first-order chi connectivity index (χ1) is 8.69. The number of methoxy groups -OCH3 is 1. The second-order valence-corrected chi connectivity index (χ2v) is 4.86. The smallest absolute Gasteiger partial charge is 0.128 e. The number of likely N-dealkylation sites (N-methyl/N-ethyl adjacent to an activating group) is 1. The molecule has 0 radical (unpaired) electrons. The topological polar surface area (TPSA) is 26.2 Å². The van der Waals surface area contributed by atoms with E-state index in [1.165, 1.54) is 16.5 Å². The molecule has 0 aliphatic rings. The second kappa shape index (κ2) is 5.44. The summed E-state index contributed by atoms with van der Waals surface area (Å²) in [6, 6.07) is 6.72. The minimum atomic E-state index is 0.461. The van der Waals surface area contributed by atoms with Crippen molar-refractivity contribution >= 4 is 10.9 Å². The molecule has 1 N–H and O–H groups in total. The van der Waals surface area contributed by atoms with Gasteiger partial charge in [-0.15, -0.1) is 0 Å². The van der Waals surface area contributed by atoms with Crippen LogP contribution >= 0.6 is 0 Å². The Bertz CT molecular complexity index is 529. The second-order valence-electron chi connectivity index (χ2n) is 4.86. The summed E-state index contributed by atoms with van der Waals surface area (Å²) < 4.78 is 7.83. The third-order valence-corrected chi connectivity index (χ3v) is 3.32. The van der Waals surface area contributed by atoms with Crippen molar-refractivity contribution in [3.63, 3.8) is 0 Å². The van der Waals surface area contributed by atoms with Crippen molar-refractivity contribution in [3.05, 3.63) is 30.0 Å². The zero-order valence-corrected chi connectivity index (χ0v) is 11.7. The van der Waals surface area contributed by atoms with E-state index in [2.05, 4.69) is 42.1 Å². The molecule has 18 heavy (non-hydrogen) atoms. The van der Waals surface area contributed by atoms with E-state index in [0.717, 1.165) is 18.7 Å². The van der Waals surface area contributed by atoms with Gasteiger partial charge in [-0.1, -0.05) is 6.07 Å². The Kier molecular flexibility index (Phi) is 3.92. The van der Waals surface area contributed by atoms with Gasteiger partial charge in [0.15, 0.2) is 0 Å². The zero-order chi connectivity index (χ0) is 13.1. The van der Waals surface area contributed by atoms with Gasteiger partial charge in [0.25, 0.3) is 0 Å². The number of aromatic nitrogens is 1. The molecule has 0 saturated heterocycles. The quantitative estimate of drug-likeness (QED) is 0.877. The normalized spacial score (nSPS) is 11.4. The van der Waals surface area contributed by atoms with Crippen LogP contribution < -0.4 is 10.1 Å². The van der Waals surface area contributed by atoms with Crippen molar-refractivity contribution in [2.75, 3.05) is 20.7 Å². The predicted octanol–water partition coefficient (Wildman–Crippen LogP) is 2.99. The molecule has 2 rings (SSSR count). The lowest BCUT2D eigenvalue weighted by Gasteiger charge is -2.09. The summed E-state index contributed by atoms with van der Waals surface area (Å²) in [5, 5.41) is 4.46. The lowest BCUT2D eigenvalue weighted by Crippen LogP contribution is -2.10. The number of benzene rings is 1. The summed E-state index contributed by atoms with van der Waals surface area (Å²) >= 11 is 0. The third-order valence-electron chi connectivity index (χ3n) is 3.32. The number of hydrogen-bond acceptors (Lipinski definition) is 2. The Morgan fingerprint density at radius 3 is 2.72 bits per heavy atom. The zero-order valence-electron chi connectivity index (χ0n) is 11.7. The molecule has 0 aliphatic heterocycles. The fraction of sp³-hybridized carbons (Fsp3) is 0.467. The summed E-state index contributed by atoms with van der Waals surface area (Å²) in [5.41, 5.74) is 2.61. The summed E-state index contributed by atoms with van der Waals surface area (Å²) in [6.07, 6.45) is 3.28. The molecule has 0 spiro atoms. The van der Waals surface area contributed by atoms with Crippen LogP contribution in [0.15, 0.2) is 24.4 Å². The molecule has 1 heterocycles. The van der Waals surface area contributed by atoms with E-state index in [4.69, 9.17) is 4.74 Å². The summed E-state index contributed by atoms with van der Waals surface area (Å²) in [7, 11) is 3.72. The maximum Gasteiger partial charge on any atom is 0.128 e. The van der Waals surface area contributed by atoms with E-state index in [9.17, 15) is 0 Å². The highest BCUT2D eigenvalue weighted by molar-refractivity contribution is 5.90. The first-order valence-corrected chi connectivity index (χ1v) is 6.50. The van der Waals surface area contributed by atoms with Gasteiger partial charge < -0.3 is 14.6 Å². The van der Waals surface area contributed by atoms with Crippen molar-refractivity contribution in [2.45, 2.75) is 26.3 Å². The number of rotatable bonds is 5. The minimum absolute atomic E-state index is 0.461. The molecule has 0 atom stereocenters. The highest BCUT2D eigenvalue weighted by atomic mass is 16.5. The van der Waals surface area contributed by atoms with E-state index < -0.39 is 0 Å². The average Bonchev–Trinajstić information content (AvgIpc) is 2.75. The number of nitrogens with zero attached hydrogens (tertiary/aromatic N) is 1. The number of ether oxygens (including phenoxy) is 1. The van der Waals surface area contributed by atoms with Crippen LogP contribution in [0, 0.1) is 0 Å². The first-order valence-electron chi connectivity index (χ1n) is 6.50. The van der Waals surface area contributed by atoms with E-state index in [0.29, 0.717) is 6.04 Å².